The smallest absolute Gasteiger partial charge is 0.122 e. The van der Waals surface area contributed by atoms with E-state index in [1.54, 1.807) is 0 Å². The van der Waals surface area contributed by atoms with Crippen molar-refractivity contribution in [1.29, 1.82) is 0 Å². The number of fused-ring (bicyclic) bond motifs is 1. The van der Waals surface area contributed by atoms with Gasteiger partial charge in [-0.3, -0.25) is 0 Å². The van der Waals surface area contributed by atoms with Crippen LogP contribution >= 0.6 is 0 Å². The second-order valence-electron chi connectivity index (χ2n) is 3.94. The number of hydrogen-bond donors (Lipinski definition) is 1. The molecular formula is C13H18NO. The van der Waals surface area contributed by atoms with Gasteiger partial charge in [-0.05, 0) is 37.4 Å². The molecule has 81 valence electrons. The molecule has 2 heteroatoms. The molecule has 0 bridgehead atoms. The third kappa shape index (κ3) is 2.72. The largest absolute Gasteiger partial charge is 0.489 e. The highest BCUT2D eigenvalue weighted by Crippen LogP contribution is 2.26. The number of hydrogen-bond acceptors (Lipinski definition) is 2. The summed E-state index contributed by atoms with van der Waals surface area (Å²) < 4.78 is 5.90. The molecule has 1 aromatic rings. The SMILES string of the molecule is [CH2]CCNCC1CCc2ccccc2O1. The van der Waals surface area contributed by atoms with Crippen LogP contribution in [0.1, 0.15) is 18.4 Å². The second-order valence-corrected chi connectivity index (χ2v) is 3.94. The summed E-state index contributed by atoms with van der Waals surface area (Å²) in [7, 11) is 0. The quantitative estimate of drug-likeness (QED) is 0.759. The van der Waals surface area contributed by atoms with Crippen molar-refractivity contribution in [2.24, 2.45) is 0 Å². The van der Waals surface area contributed by atoms with Crippen LogP contribution in [-0.2, 0) is 6.42 Å². The van der Waals surface area contributed by atoms with E-state index in [1.807, 2.05) is 6.07 Å². The Labute approximate surface area is 91.6 Å². The Kier molecular flexibility index (Phi) is 3.62. The summed E-state index contributed by atoms with van der Waals surface area (Å²) in [5, 5.41) is 3.35. The second kappa shape index (κ2) is 5.17. The van der Waals surface area contributed by atoms with Crippen LogP contribution in [0.15, 0.2) is 24.3 Å². The van der Waals surface area contributed by atoms with Crippen molar-refractivity contribution >= 4 is 0 Å². The molecule has 1 aliphatic rings. The van der Waals surface area contributed by atoms with E-state index in [9.17, 15) is 0 Å². The molecule has 2 nitrogen and oxygen atoms in total. The van der Waals surface area contributed by atoms with E-state index in [2.05, 4.69) is 30.4 Å². The van der Waals surface area contributed by atoms with Gasteiger partial charge in [0.15, 0.2) is 0 Å². The molecule has 1 radical (unpaired) electrons. The van der Waals surface area contributed by atoms with Gasteiger partial charge in [-0.1, -0.05) is 25.1 Å². The van der Waals surface area contributed by atoms with Gasteiger partial charge in [-0.15, -0.1) is 0 Å². The van der Waals surface area contributed by atoms with Crippen LogP contribution < -0.4 is 10.1 Å². The number of rotatable bonds is 4. The third-order valence-corrected chi connectivity index (χ3v) is 2.73. The molecule has 0 aromatic heterocycles. The zero-order valence-electron chi connectivity index (χ0n) is 9.04. The fraction of sp³-hybridized carbons (Fsp3) is 0.462. The predicted molar refractivity (Wildman–Crippen MR) is 62.0 cm³/mol. The number of benzene rings is 1. The van der Waals surface area contributed by atoms with Crippen molar-refractivity contribution < 1.29 is 4.74 Å². The van der Waals surface area contributed by atoms with Crippen LogP contribution in [0.2, 0.25) is 0 Å². The average Bonchev–Trinajstić information content (AvgIpc) is 2.29. The lowest BCUT2D eigenvalue weighted by Crippen LogP contribution is -2.34. The van der Waals surface area contributed by atoms with Gasteiger partial charge >= 0.3 is 0 Å². The molecule has 1 N–H and O–H groups in total. The number of aryl methyl sites for hydroxylation is 1. The van der Waals surface area contributed by atoms with Crippen molar-refractivity contribution in [3.05, 3.63) is 36.8 Å². The first kappa shape index (κ1) is 10.5. The van der Waals surface area contributed by atoms with Crippen LogP contribution in [0, 0.1) is 6.92 Å². The van der Waals surface area contributed by atoms with Crippen LogP contribution in [0.3, 0.4) is 0 Å². The first-order chi connectivity index (χ1) is 7.40. The summed E-state index contributed by atoms with van der Waals surface area (Å²) in [6.07, 6.45) is 3.50. The Bertz CT molecular complexity index is 311. The normalized spacial score (nSPS) is 19.4. The van der Waals surface area contributed by atoms with E-state index in [-0.39, 0.29) is 0 Å². The molecule has 15 heavy (non-hydrogen) atoms. The molecular weight excluding hydrogens is 186 g/mol. The van der Waals surface area contributed by atoms with Gasteiger partial charge in [0.05, 0.1) is 0 Å². The number of ether oxygens (including phenoxy) is 1. The summed E-state index contributed by atoms with van der Waals surface area (Å²) in [5.41, 5.74) is 1.34. The molecule has 1 atom stereocenters. The Hall–Kier alpha value is -1.02. The molecule has 1 aliphatic heterocycles. The molecule has 0 aliphatic carbocycles. The predicted octanol–water partition coefficient (Wildman–Crippen LogP) is 2.19. The van der Waals surface area contributed by atoms with Crippen molar-refractivity contribution in [3.8, 4) is 5.75 Å². The molecule has 0 saturated carbocycles. The van der Waals surface area contributed by atoms with Gasteiger partial charge in [-0.2, -0.15) is 0 Å². The summed E-state index contributed by atoms with van der Waals surface area (Å²) in [4.78, 5) is 0. The van der Waals surface area contributed by atoms with Crippen molar-refractivity contribution in [2.45, 2.75) is 25.4 Å². The standard InChI is InChI=1S/C13H18NO/c1-2-9-14-10-12-8-7-11-5-3-4-6-13(11)15-12/h3-6,12,14H,1-2,7-10H2. The highest BCUT2D eigenvalue weighted by Gasteiger charge is 2.18. The van der Waals surface area contributed by atoms with Crippen LogP contribution in [-0.4, -0.2) is 19.2 Å². The first-order valence-electron chi connectivity index (χ1n) is 5.64. The van der Waals surface area contributed by atoms with Gasteiger partial charge in [0.1, 0.15) is 11.9 Å². The number of nitrogens with one attached hydrogen (secondary N) is 1. The Morgan fingerprint density at radius 3 is 3.13 bits per heavy atom. The van der Waals surface area contributed by atoms with E-state index < -0.39 is 0 Å². The van der Waals surface area contributed by atoms with Gasteiger partial charge < -0.3 is 10.1 Å². The minimum atomic E-state index is 0.325. The average molecular weight is 204 g/mol. The minimum absolute atomic E-state index is 0.325. The zero-order valence-corrected chi connectivity index (χ0v) is 9.04. The van der Waals surface area contributed by atoms with Gasteiger partial charge in [0.25, 0.3) is 0 Å². The van der Waals surface area contributed by atoms with E-state index >= 15 is 0 Å². The molecule has 0 amide bonds. The molecule has 1 aromatic carbocycles. The molecule has 0 saturated heterocycles. The minimum Gasteiger partial charge on any atom is -0.489 e. The fourth-order valence-corrected chi connectivity index (χ4v) is 1.91. The lowest BCUT2D eigenvalue weighted by atomic mass is 10.0. The van der Waals surface area contributed by atoms with E-state index in [4.69, 9.17) is 4.74 Å². The Morgan fingerprint density at radius 2 is 2.27 bits per heavy atom. The highest BCUT2D eigenvalue weighted by atomic mass is 16.5. The molecule has 1 unspecified atom stereocenters. The maximum Gasteiger partial charge on any atom is 0.122 e. The first-order valence-corrected chi connectivity index (χ1v) is 5.64. The summed E-state index contributed by atoms with van der Waals surface area (Å²) in [5.74, 6) is 1.06. The monoisotopic (exact) mass is 204 g/mol. The van der Waals surface area contributed by atoms with E-state index in [1.165, 1.54) is 5.56 Å². The maximum absolute atomic E-state index is 5.90. The topological polar surface area (TPSA) is 21.3 Å². The van der Waals surface area contributed by atoms with E-state index in [0.717, 1.165) is 38.1 Å². The molecule has 2 rings (SSSR count). The third-order valence-electron chi connectivity index (χ3n) is 2.73. The lowest BCUT2D eigenvalue weighted by Gasteiger charge is -2.26. The lowest BCUT2D eigenvalue weighted by molar-refractivity contribution is 0.171. The van der Waals surface area contributed by atoms with Gasteiger partial charge in [-0.25, -0.2) is 0 Å². The van der Waals surface area contributed by atoms with Crippen molar-refractivity contribution in [3.63, 3.8) is 0 Å². The summed E-state index contributed by atoms with van der Waals surface area (Å²) >= 11 is 0. The van der Waals surface area contributed by atoms with Crippen molar-refractivity contribution in [1.82, 2.24) is 5.32 Å². The maximum atomic E-state index is 5.90. The fourth-order valence-electron chi connectivity index (χ4n) is 1.91. The molecule has 0 spiro atoms. The van der Waals surface area contributed by atoms with E-state index in [0.29, 0.717) is 6.10 Å². The van der Waals surface area contributed by atoms with Gasteiger partial charge in [0, 0.05) is 6.54 Å². The molecule has 0 fully saturated rings. The summed E-state index contributed by atoms with van der Waals surface area (Å²) in [6, 6.07) is 8.31. The Balaban J connectivity index is 1.88. The van der Waals surface area contributed by atoms with Crippen LogP contribution in [0.5, 0.6) is 5.75 Å². The Morgan fingerprint density at radius 1 is 1.40 bits per heavy atom. The highest BCUT2D eigenvalue weighted by molar-refractivity contribution is 5.35. The molecule has 1 heterocycles. The zero-order chi connectivity index (χ0) is 10.5. The van der Waals surface area contributed by atoms with Crippen LogP contribution in [0.25, 0.3) is 0 Å². The number of para-hydroxylation sites is 1. The van der Waals surface area contributed by atoms with Gasteiger partial charge in [0.2, 0.25) is 0 Å². The summed E-state index contributed by atoms with van der Waals surface area (Å²) in [6.45, 7) is 5.71. The van der Waals surface area contributed by atoms with Crippen molar-refractivity contribution in [2.75, 3.05) is 13.1 Å². The van der Waals surface area contributed by atoms with Crippen LogP contribution in [0.4, 0.5) is 0 Å².